The Balaban J connectivity index is 3.43. The van der Waals surface area contributed by atoms with Crippen molar-refractivity contribution >= 4 is 11.6 Å². The van der Waals surface area contributed by atoms with Crippen LogP contribution in [0.25, 0.3) is 0 Å². The molecule has 0 spiro atoms. The topological polar surface area (TPSA) is 20.2 Å². The standard InChI is InChI=1S/C12H6ClF11O/c13-6-3-1-2-5(4-6)7(25)8(14,15)9(16,17)10(18,19)11(20,21)12(22,23)24/h1-4,7,25H. The Kier molecular flexibility index (Phi) is 5.35. The summed E-state index contributed by atoms with van der Waals surface area (Å²) in [7, 11) is 0. The van der Waals surface area contributed by atoms with Crippen LogP contribution in [0.1, 0.15) is 11.7 Å². The maximum Gasteiger partial charge on any atom is 0.460 e. The van der Waals surface area contributed by atoms with Crippen molar-refractivity contribution in [3.8, 4) is 0 Å². The molecule has 13 heteroatoms. The van der Waals surface area contributed by atoms with E-state index in [1.165, 1.54) is 0 Å². The van der Waals surface area contributed by atoms with Crippen molar-refractivity contribution in [2.45, 2.75) is 36.0 Å². The molecule has 1 unspecified atom stereocenters. The third-order valence-corrected chi connectivity index (χ3v) is 3.31. The van der Waals surface area contributed by atoms with Crippen LogP contribution in [0.4, 0.5) is 48.3 Å². The highest BCUT2D eigenvalue weighted by atomic mass is 35.5. The van der Waals surface area contributed by atoms with Crippen molar-refractivity contribution in [2.24, 2.45) is 0 Å². The molecule has 1 N–H and O–H groups in total. The van der Waals surface area contributed by atoms with Crippen molar-refractivity contribution in [3.63, 3.8) is 0 Å². The zero-order chi connectivity index (χ0) is 20.1. The van der Waals surface area contributed by atoms with E-state index in [4.69, 9.17) is 11.6 Å². The smallest absolute Gasteiger partial charge is 0.382 e. The lowest BCUT2D eigenvalue weighted by atomic mass is 9.91. The summed E-state index contributed by atoms with van der Waals surface area (Å²) in [6.45, 7) is 0. The molecule has 1 rings (SSSR count). The summed E-state index contributed by atoms with van der Waals surface area (Å²) >= 11 is 5.32. The maximum atomic E-state index is 13.6. The number of aliphatic hydroxyl groups excluding tert-OH is 1. The summed E-state index contributed by atoms with van der Waals surface area (Å²) in [4.78, 5) is 0. The maximum absolute atomic E-state index is 13.6. The molecule has 0 amide bonds. The number of rotatable bonds is 5. The molecular weight excluding hydrogens is 405 g/mol. The molecule has 1 nitrogen and oxygen atoms in total. The Morgan fingerprint density at radius 3 is 1.64 bits per heavy atom. The van der Waals surface area contributed by atoms with E-state index >= 15 is 0 Å². The average molecular weight is 411 g/mol. The SMILES string of the molecule is OC(c1cccc(Cl)c1)C(F)(F)C(F)(F)C(F)(F)C(F)(F)C(F)(F)F. The van der Waals surface area contributed by atoms with Gasteiger partial charge in [-0.2, -0.15) is 48.3 Å². The van der Waals surface area contributed by atoms with E-state index in [1.54, 1.807) is 0 Å². The van der Waals surface area contributed by atoms with Gasteiger partial charge in [0.25, 0.3) is 0 Å². The van der Waals surface area contributed by atoms with Crippen molar-refractivity contribution < 1.29 is 53.4 Å². The predicted molar refractivity (Wildman–Crippen MR) is 62.3 cm³/mol. The number of hydrogen-bond acceptors (Lipinski definition) is 1. The molecule has 0 bridgehead atoms. The molecule has 0 saturated heterocycles. The normalized spacial score (nSPS) is 16.0. The summed E-state index contributed by atoms with van der Waals surface area (Å²) in [6.07, 6.45) is -11.1. The van der Waals surface area contributed by atoms with Crippen molar-refractivity contribution in [1.82, 2.24) is 0 Å². The van der Waals surface area contributed by atoms with Gasteiger partial charge in [-0.1, -0.05) is 23.7 Å². The third kappa shape index (κ3) is 3.25. The summed E-state index contributed by atoms with van der Waals surface area (Å²) < 4.78 is 141. The van der Waals surface area contributed by atoms with Crippen LogP contribution < -0.4 is 0 Å². The largest absolute Gasteiger partial charge is 0.460 e. The van der Waals surface area contributed by atoms with E-state index in [2.05, 4.69) is 0 Å². The second-order valence-corrected chi connectivity index (χ2v) is 5.24. The van der Waals surface area contributed by atoms with Crippen molar-refractivity contribution in [1.29, 1.82) is 0 Å². The summed E-state index contributed by atoms with van der Waals surface area (Å²) in [6, 6.07) is 2.73. The number of alkyl halides is 11. The van der Waals surface area contributed by atoms with Crippen LogP contribution in [-0.2, 0) is 0 Å². The number of benzene rings is 1. The fraction of sp³-hybridized carbons (Fsp3) is 0.500. The molecule has 0 aliphatic rings. The second kappa shape index (κ2) is 6.15. The molecule has 0 aliphatic heterocycles. The highest BCUT2D eigenvalue weighted by molar-refractivity contribution is 6.30. The molecular formula is C12H6ClF11O. The van der Waals surface area contributed by atoms with Crippen LogP contribution in [0.3, 0.4) is 0 Å². The molecule has 1 aromatic carbocycles. The van der Waals surface area contributed by atoms with Gasteiger partial charge in [-0.25, -0.2) is 0 Å². The van der Waals surface area contributed by atoms with Crippen LogP contribution in [0.5, 0.6) is 0 Å². The number of hydrogen-bond donors (Lipinski definition) is 1. The quantitative estimate of drug-likeness (QED) is 0.638. The second-order valence-electron chi connectivity index (χ2n) is 4.80. The molecule has 0 radical (unpaired) electrons. The minimum atomic E-state index is -7.57. The monoisotopic (exact) mass is 410 g/mol. The Labute approximate surface area is 137 Å². The minimum Gasteiger partial charge on any atom is -0.382 e. The van der Waals surface area contributed by atoms with Crippen LogP contribution in [0.2, 0.25) is 5.02 Å². The van der Waals surface area contributed by atoms with E-state index in [0.717, 1.165) is 12.1 Å². The first kappa shape index (κ1) is 21.7. The van der Waals surface area contributed by atoms with E-state index in [-0.39, 0.29) is 0 Å². The Morgan fingerprint density at radius 1 is 0.760 bits per heavy atom. The van der Waals surface area contributed by atoms with Gasteiger partial charge in [-0.05, 0) is 17.7 Å². The van der Waals surface area contributed by atoms with Gasteiger partial charge in [0.05, 0.1) is 0 Å². The lowest BCUT2D eigenvalue weighted by Gasteiger charge is -2.38. The van der Waals surface area contributed by atoms with Crippen LogP contribution in [0.15, 0.2) is 24.3 Å². The molecule has 0 saturated carbocycles. The third-order valence-electron chi connectivity index (χ3n) is 3.07. The lowest BCUT2D eigenvalue weighted by Crippen LogP contribution is -2.67. The fourth-order valence-electron chi connectivity index (χ4n) is 1.64. The average Bonchev–Trinajstić information content (AvgIpc) is 2.44. The Morgan fingerprint density at radius 2 is 1.24 bits per heavy atom. The first-order valence-electron chi connectivity index (χ1n) is 5.92. The minimum absolute atomic E-state index is 0.413. The van der Waals surface area contributed by atoms with E-state index < -0.39 is 46.6 Å². The first-order chi connectivity index (χ1) is 10.9. The molecule has 144 valence electrons. The highest BCUT2D eigenvalue weighted by Crippen LogP contribution is 2.59. The summed E-state index contributed by atoms with van der Waals surface area (Å²) in [5, 5.41) is 8.76. The van der Waals surface area contributed by atoms with Gasteiger partial charge in [0.2, 0.25) is 0 Å². The van der Waals surface area contributed by atoms with E-state index in [1.807, 2.05) is 0 Å². The highest BCUT2D eigenvalue weighted by Gasteiger charge is 2.88. The van der Waals surface area contributed by atoms with Gasteiger partial charge in [-0.15, -0.1) is 0 Å². The first-order valence-corrected chi connectivity index (χ1v) is 6.30. The van der Waals surface area contributed by atoms with Gasteiger partial charge in [0.1, 0.15) is 6.10 Å². The van der Waals surface area contributed by atoms with Crippen LogP contribution in [0, 0.1) is 0 Å². The molecule has 0 aliphatic carbocycles. The molecule has 25 heavy (non-hydrogen) atoms. The molecule has 1 atom stereocenters. The molecule has 0 fully saturated rings. The number of aliphatic hydroxyl groups is 1. The van der Waals surface area contributed by atoms with Gasteiger partial charge < -0.3 is 5.11 Å². The summed E-state index contributed by atoms with van der Waals surface area (Å²) in [5.74, 6) is -28.8. The molecule has 0 aromatic heterocycles. The molecule has 0 heterocycles. The summed E-state index contributed by atoms with van der Waals surface area (Å²) in [5.41, 5.74) is -1.21. The van der Waals surface area contributed by atoms with Gasteiger partial charge in [-0.3, -0.25) is 0 Å². The zero-order valence-electron chi connectivity index (χ0n) is 11.4. The fourth-order valence-corrected chi connectivity index (χ4v) is 1.84. The van der Waals surface area contributed by atoms with Gasteiger partial charge >= 0.3 is 29.9 Å². The van der Waals surface area contributed by atoms with E-state index in [0.29, 0.717) is 12.1 Å². The van der Waals surface area contributed by atoms with Gasteiger partial charge in [0, 0.05) is 5.02 Å². The van der Waals surface area contributed by atoms with E-state index in [9.17, 15) is 53.4 Å². The molecule has 1 aromatic rings. The van der Waals surface area contributed by atoms with Crippen LogP contribution in [-0.4, -0.2) is 35.0 Å². The predicted octanol–water partition coefficient (Wildman–Crippen LogP) is 5.48. The Bertz CT molecular complexity index is 626. The number of halogens is 12. The lowest BCUT2D eigenvalue weighted by molar-refractivity contribution is -0.429. The van der Waals surface area contributed by atoms with Crippen LogP contribution >= 0.6 is 11.6 Å². The zero-order valence-corrected chi connectivity index (χ0v) is 12.1. The Hall–Kier alpha value is -1.30. The van der Waals surface area contributed by atoms with Crippen molar-refractivity contribution in [2.75, 3.05) is 0 Å². The van der Waals surface area contributed by atoms with Gasteiger partial charge in [0.15, 0.2) is 0 Å². The van der Waals surface area contributed by atoms with Crippen molar-refractivity contribution in [3.05, 3.63) is 34.9 Å².